The second kappa shape index (κ2) is 7.50. The molecule has 0 fully saturated rings. The summed E-state index contributed by atoms with van der Waals surface area (Å²) in [7, 11) is 0. The minimum Gasteiger partial charge on any atom is -0.313 e. The first-order valence-corrected chi connectivity index (χ1v) is 7.76. The predicted molar refractivity (Wildman–Crippen MR) is 80.2 cm³/mol. The summed E-state index contributed by atoms with van der Waals surface area (Å²) in [5, 5.41) is 5.51. The van der Waals surface area contributed by atoms with Gasteiger partial charge in [0.1, 0.15) is 11.6 Å². The number of benzene rings is 1. The lowest BCUT2D eigenvalue weighted by Crippen LogP contribution is -2.33. The lowest BCUT2D eigenvalue weighted by Gasteiger charge is -2.18. The summed E-state index contributed by atoms with van der Waals surface area (Å²) >= 11 is 1.71. The van der Waals surface area contributed by atoms with Crippen LogP contribution in [0.2, 0.25) is 0 Å². The monoisotopic (exact) mass is 295 g/mol. The second-order valence-electron chi connectivity index (χ2n) is 4.92. The Morgan fingerprint density at radius 1 is 1.15 bits per heavy atom. The van der Waals surface area contributed by atoms with E-state index in [0.717, 1.165) is 25.5 Å². The smallest absolute Gasteiger partial charge is 0.126 e. The summed E-state index contributed by atoms with van der Waals surface area (Å²) in [6.07, 6.45) is 2.56. The van der Waals surface area contributed by atoms with Crippen LogP contribution < -0.4 is 5.32 Å². The Morgan fingerprint density at radius 2 is 1.90 bits per heavy atom. The molecule has 2 rings (SSSR count). The van der Waals surface area contributed by atoms with Crippen molar-refractivity contribution in [2.45, 2.75) is 32.2 Å². The van der Waals surface area contributed by atoms with Gasteiger partial charge < -0.3 is 5.32 Å². The minimum atomic E-state index is -0.509. The van der Waals surface area contributed by atoms with Gasteiger partial charge in [0.15, 0.2) is 0 Å². The van der Waals surface area contributed by atoms with E-state index in [0.29, 0.717) is 12.0 Å². The molecule has 0 saturated carbocycles. The second-order valence-corrected chi connectivity index (χ2v) is 5.95. The predicted octanol–water partition coefficient (Wildman–Crippen LogP) is 4.18. The van der Waals surface area contributed by atoms with Crippen LogP contribution in [0.1, 0.15) is 23.8 Å². The van der Waals surface area contributed by atoms with Crippen molar-refractivity contribution >= 4 is 11.3 Å². The zero-order chi connectivity index (χ0) is 14.4. The minimum absolute atomic E-state index is 0.204. The van der Waals surface area contributed by atoms with Crippen molar-refractivity contribution < 1.29 is 8.78 Å². The number of thiophene rings is 1. The zero-order valence-electron chi connectivity index (χ0n) is 11.5. The van der Waals surface area contributed by atoms with Crippen LogP contribution >= 0.6 is 11.3 Å². The largest absolute Gasteiger partial charge is 0.313 e. The van der Waals surface area contributed by atoms with Crippen LogP contribution in [-0.2, 0) is 12.8 Å². The first-order valence-electron chi connectivity index (χ1n) is 6.88. The van der Waals surface area contributed by atoms with E-state index in [9.17, 15) is 8.78 Å². The van der Waals surface area contributed by atoms with E-state index in [2.05, 4.69) is 18.3 Å². The molecule has 1 nitrogen and oxygen atoms in total. The molecule has 20 heavy (non-hydrogen) atoms. The number of rotatable bonds is 7. The van der Waals surface area contributed by atoms with E-state index in [4.69, 9.17) is 0 Å². The number of halogens is 2. The Labute approximate surface area is 122 Å². The molecule has 1 unspecified atom stereocenters. The van der Waals surface area contributed by atoms with Gasteiger partial charge in [-0.05, 0) is 54.9 Å². The van der Waals surface area contributed by atoms with Crippen molar-refractivity contribution in [1.82, 2.24) is 5.32 Å². The zero-order valence-corrected chi connectivity index (χ0v) is 12.4. The number of hydrogen-bond donors (Lipinski definition) is 1. The maximum Gasteiger partial charge on any atom is 0.126 e. The fraction of sp³-hybridized carbons (Fsp3) is 0.375. The highest BCUT2D eigenvalue weighted by Gasteiger charge is 2.12. The molecule has 2 aromatic rings. The summed E-state index contributed by atoms with van der Waals surface area (Å²) in [6.45, 7) is 3.02. The molecule has 0 radical (unpaired) electrons. The molecule has 0 saturated heterocycles. The van der Waals surface area contributed by atoms with E-state index in [-0.39, 0.29) is 6.04 Å². The average Bonchev–Trinajstić information content (AvgIpc) is 2.87. The molecule has 1 N–H and O–H groups in total. The summed E-state index contributed by atoms with van der Waals surface area (Å²) in [5.41, 5.74) is 0.702. The molecule has 1 atom stereocenters. The van der Waals surface area contributed by atoms with Crippen LogP contribution in [0.15, 0.2) is 35.7 Å². The standard InChI is InChI=1S/C16H19F2NS/c1-2-5-19-15(11-16-4-3-6-20-16)9-12-7-13(17)10-14(18)8-12/h3-4,6-8,10,15,19H,2,5,9,11H2,1H3. The van der Waals surface area contributed by atoms with Gasteiger partial charge in [-0.15, -0.1) is 11.3 Å². The van der Waals surface area contributed by atoms with Gasteiger partial charge in [-0.2, -0.15) is 0 Å². The van der Waals surface area contributed by atoms with Crippen molar-refractivity contribution in [3.05, 3.63) is 57.8 Å². The third-order valence-electron chi connectivity index (χ3n) is 3.12. The van der Waals surface area contributed by atoms with Crippen molar-refractivity contribution in [3.63, 3.8) is 0 Å². The van der Waals surface area contributed by atoms with Crippen LogP contribution in [0.5, 0.6) is 0 Å². The first-order chi connectivity index (χ1) is 9.67. The van der Waals surface area contributed by atoms with Gasteiger partial charge in [-0.1, -0.05) is 13.0 Å². The Morgan fingerprint density at radius 3 is 2.50 bits per heavy atom. The highest BCUT2D eigenvalue weighted by atomic mass is 32.1. The molecule has 0 spiro atoms. The molecule has 4 heteroatoms. The van der Waals surface area contributed by atoms with Crippen LogP contribution in [0.3, 0.4) is 0 Å². The SMILES string of the molecule is CCCNC(Cc1cc(F)cc(F)c1)Cc1cccs1. The lowest BCUT2D eigenvalue weighted by atomic mass is 10.0. The van der Waals surface area contributed by atoms with Gasteiger partial charge in [-0.25, -0.2) is 8.78 Å². The fourth-order valence-corrected chi connectivity index (χ4v) is 3.04. The van der Waals surface area contributed by atoms with Crippen LogP contribution in [0, 0.1) is 11.6 Å². The topological polar surface area (TPSA) is 12.0 Å². The van der Waals surface area contributed by atoms with E-state index in [1.54, 1.807) is 11.3 Å². The number of hydrogen-bond acceptors (Lipinski definition) is 2. The third-order valence-corrected chi connectivity index (χ3v) is 4.01. The van der Waals surface area contributed by atoms with Gasteiger partial charge in [0, 0.05) is 17.0 Å². The summed E-state index contributed by atoms with van der Waals surface area (Å²) in [4.78, 5) is 1.29. The fourth-order valence-electron chi connectivity index (χ4n) is 2.25. The maximum absolute atomic E-state index is 13.2. The molecule has 0 aliphatic carbocycles. The molecular formula is C16H19F2NS. The van der Waals surface area contributed by atoms with Gasteiger partial charge in [0.05, 0.1) is 0 Å². The molecule has 1 aromatic carbocycles. The van der Waals surface area contributed by atoms with Crippen LogP contribution in [0.25, 0.3) is 0 Å². The van der Waals surface area contributed by atoms with Crippen molar-refractivity contribution in [2.24, 2.45) is 0 Å². The molecule has 1 heterocycles. The normalized spacial score (nSPS) is 12.6. The lowest BCUT2D eigenvalue weighted by molar-refractivity contribution is 0.503. The molecular weight excluding hydrogens is 276 g/mol. The Hall–Kier alpha value is -1.26. The van der Waals surface area contributed by atoms with E-state index < -0.39 is 11.6 Å². The summed E-state index contributed by atoms with van der Waals surface area (Å²) in [5.74, 6) is -1.02. The van der Waals surface area contributed by atoms with Gasteiger partial charge >= 0.3 is 0 Å². The molecule has 108 valence electrons. The van der Waals surface area contributed by atoms with Crippen molar-refractivity contribution in [3.8, 4) is 0 Å². The molecule has 0 amide bonds. The Bertz CT molecular complexity index is 505. The quantitative estimate of drug-likeness (QED) is 0.808. The first kappa shape index (κ1) is 15.1. The molecule has 0 bridgehead atoms. The van der Waals surface area contributed by atoms with Gasteiger partial charge in [0.25, 0.3) is 0 Å². The molecule has 0 aliphatic rings. The maximum atomic E-state index is 13.2. The van der Waals surface area contributed by atoms with Crippen LogP contribution in [0.4, 0.5) is 8.78 Å². The third kappa shape index (κ3) is 4.69. The number of nitrogens with one attached hydrogen (secondary N) is 1. The summed E-state index contributed by atoms with van der Waals surface area (Å²) in [6, 6.07) is 8.07. The average molecular weight is 295 g/mol. The molecule has 0 aliphatic heterocycles. The molecule has 1 aromatic heterocycles. The van der Waals surface area contributed by atoms with E-state index in [1.807, 2.05) is 11.4 Å². The Kier molecular flexibility index (Phi) is 5.68. The van der Waals surface area contributed by atoms with Crippen LogP contribution in [-0.4, -0.2) is 12.6 Å². The highest BCUT2D eigenvalue weighted by molar-refractivity contribution is 7.09. The van der Waals surface area contributed by atoms with Gasteiger partial charge in [-0.3, -0.25) is 0 Å². The summed E-state index contributed by atoms with van der Waals surface area (Å²) < 4.78 is 26.5. The van der Waals surface area contributed by atoms with Crippen molar-refractivity contribution in [1.29, 1.82) is 0 Å². The van der Waals surface area contributed by atoms with E-state index >= 15 is 0 Å². The highest BCUT2D eigenvalue weighted by Crippen LogP contribution is 2.15. The van der Waals surface area contributed by atoms with E-state index in [1.165, 1.54) is 17.0 Å². The van der Waals surface area contributed by atoms with Crippen molar-refractivity contribution in [2.75, 3.05) is 6.54 Å². The van der Waals surface area contributed by atoms with Gasteiger partial charge in [0.2, 0.25) is 0 Å². The Balaban J connectivity index is 2.05.